The molecule has 1 aromatic carbocycles. The fourth-order valence-corrected chi connectivity index (χ4v) is 1.53. The standard InChI is InChI=1S/C13H19F2NO/c1-8-6-7-9(14)10(11(8)15)12(17)13(2,3)16(4)5/h6-7,12,17H,1-5H3. The molecule has 96 valence electrons. The summed E-state index contributed by atoms with van der Waals surface area (Å²) in [5.41, 5.74) is -0.686. The Morgan fingerprint density at radius 1 is 1.24 bits per heavy atom. The summed E-state index contributed by atoms with van der Waals surface area (Å²) in [5.74, 6) is -1.39. The second kappa shape index (κ2) is 4.70. The maximum Gasteiger partial charge on any atom is 0.134 e. The second-order valence-corrected chi connectivity index (χ2v) is 5.04. The summed E-state index contributed by atoms with van der Waals surface area (Å²) in [4.78, 5) is 1.74. The lowest BCUT2D eigenvalue weighted by atomic mass is 9.89. The van der Waals surface area contributed by atoms with Crippen LogP contribution in [0.4, 0.5) is 8.78 Å². The Kier molecular flexibility index (Phi) is 3.89. The van der Waals surface area contributed by atoms with Crippen LogP contribution in [0.2, 0.25) is 0 Å². The zero-order chi connectivity index (χ0) is 13.4. The molecule has 0 radical (unpaired) electrons. The molecule has 0 aliphatic carbocycles. The lowest BCUT2D eigenvalue weighted by Gasteiger charge is -2.37. The summed E-state index contributed by atoms with van der Waals surface area (Å²) in [6, 6.07) is 2.55. The number of aliphatic hydroxyl groups is 1. The molecular formula is C13H19F2NO. The topological polar surface area (TPSA) is 23.5 Å². The van der Waals surface area contributed by atoms with Gasteiger partial charge in [-0.1, -0.05) is 6.07 Å². The molecule has 1 rings (SSSR count). The predicted octanol–water partition coefficient (Wildman–Crippen LogP) is 2.65. The van der Waals surface area contributed by atoms with Gasteiger partial charge in [-0.3, -0.25) is 0 Å². The fourth-order valence-electron chi connectivity index (χ4n) is 1.53. The van der Waals surface area contributed by atoms with Crippen LogP contribution in [0.15, 0.2) is 12.1 Å². The number of rotatable bonds is 3. The first-order chi connectivity index (χ1) is 7.69. The van der Waals surface area contributed by atoms with Crippen LogP contribution in [0.5, 0.6) is 0 Å². The summed E-state index contributed by atoms with van der Waals surface area (Å²) < 4.78 is 27.5. The van der Waals surface area contributed by atoms with Crippen molar-refractivity contribution in [2.24, 2.45) is 0 Å². The van der Waals surface area contributed by atoms with Crippen molar-refractivity contribution in [1.82, 2.24) is 4.90 Å². The van der Waals surface area contributed by atoms with Crippen molar-refractivity contribution in [1.29, 1.82) is 0 Å². The van der Waals surface area contributed by atoms with Crippen LogP contribution in [0, 0.1) is 18.6 Å². The number of likely N-dealkylation sites (N-methyl/N-ethyl adjacent to an activating group) is 1. The summed E-state index contributed by atoms with van der Waals surface area (Å²) in [6.45, 7) is 5.02. The van der Waals surface area contributed by atoms with Gasteiger partial charge < -0.3 is 10.0 Å². The van der Waals surface area contributed by atoms with Gasteiger partial charge in [0.1, 0.15) is 17.7 Å². The van der Waals surface area contributed by atoms with E-state index in [1.165, 1.54) is 12.1 Å². The fraction of sp³-hybridized carbons (Fsp3) is 0.538. The average Bonchev–Trinajstić information content (AvgIpc) is 2.23. The van der Waals surface area contributed by atoms with Crippen molar-refractivity contribution in [3.8, 4) is 0 Å². The van der Waals surface area contributed by atoms with Gasteiger partial charge in [0.05, 0.1) is 5.56 Å². The largest absolute Gasteiger partial charge is 0.386 e. The highest BCUT2D eigenvalue weighted by molar-refractivity contribution is 5.30. The molecule has 1 unspecified atom stereocenters. The van der Waals surface area contributed by atoms with Crippen LogP contribution in [-0.2, 0) is 0 Å². The number of aliphatic hydroxyl groups excluding tert-OH is 1. The SMILES string of the molecule is Cc1ccc(F)c(C(O)C(C)(C)N(C)C)c1F. The van der Waals surface area contributed by atoms with Gasteiger partial charge in [-0.2, -0.15) is 0 Å². The molecule has 2 nitrogen and oxygen atoms in total. The molecule has 1 aromatic rings. The van der Waals surface area contributed by atoms with Crippen LogP contribution in [-0.4, -0.2) is 29.6 Å². The molecule has 1 N–H and O–H groups in total. The highest BCUT2D eigenvalue weighted by Crippen LogP contribution is 2.33. The highest BCUT2D eigenvalue weighted by Gasteiger charge is 2.35. The van der Waals surface area contributed by atoms with Gasteiger partial charge in [0, 0.05) is 5.54 Å². The quantitative estimate of drug-likeness (QED) is 0.882. The molecule has 0 bridgehead atoms. The van der Waals surface area contributed by atoms with Crippen LogP contribution >= 0.6 is 0 Å². The first-order valence-corrected chi connectivity index (χ1v) is 5.49. The van der Waals surface area contributed by atoms with Crippen LogP contribution in [0.1, 0.15) is 31.1 Å². The molecule has 0 saturated carbocycles. The van der Waals surface area contributed by atoms with Gasteiger partial charge in [0.15, 0.2) is 0 Å². The summed E-state index contributed by atoms with van der Waals surface area (Å²) in [7, 11) is 3.52. The molecule has 0 aliphatic heterocycles. The molecule has 17 heavy (non-hydrogen) atoms. The summed E-state index contributed by atoms with van der Waals surface area (Å²) >= 11 is 0. The number of hydrogen-bond acceptors (Lipinski definition) is 2. The van der Waals surface area contributed by atoms with E-state index in [4.69, 9.17) is 0 Å². The van der Waals surface area contributed by atoms with Gasteiger partial charge in [-0.25, -0.2) is 8.78 Å². The van der Waals surface area contributed by atoms with Crippen LogP contribution in [0.3, 0.4) is 0 Å². The van der Waals surface area contributed by atoms with E-state index in [0.717, 1.165) is 0 Å². The maximum atomic E-state index is 13.9. The first-order valence-electron chi connectivity index (χ1n) is 5.49. The third-order valence-corrected chi connectivity index (χ3v) is 3.41. The lowest BCUT2D eigenvalue weighted by Crippen LogP contribution is -2.44. The van der Waals surface area contributed by atoms with Gasteiger partial charge in [-0.15, -0.1) is 0 Å². The molecule has 1 atom stereocenters. The first kappa shape index (κ1) is 14.1. The Hall–Kier alpha value is -1.00. The van der Waals surface area contributed by atoms with E-state index in [0.29, 0.717) is 5.56 Å². The molecule has 0 aromatic heterocycles. The third kappa shape index (κ3) is 2.48. The minimum atomic E-state index is -1.22. The van der Waals surface area contributed by atoms with Gasteiger partial charge in [0.2, 0.25) is 0 Å². The van der Waals surface area contributed by atoms with Gasteiger partial charge >= 0.3 is 0 Å². The molecule has 0 heterocycles. The number of halogens is 2. The Bertz CT molecular complexity index is 416. The third-order valence-electron chi connectivity index (χ3n) is 3.41. The number of benzene rings is 1. The van der Waals surface area contributed by atoms with Crippen LogP contribution in [0.25, 0.3) is 0 Å². The van der Waals surface area contributed by atoms with Crippen molar-refractivity contribution < 1.29 is 13.9 Å². The second-order valence-electron chi connectivity index (χ2n) is 5.04. The highest BCUT2D eigenvalue weighted by atomic mass is 19.1. The molecule has 0 amide bonds. The van der Waals surface area contributed by atoms with Crippen molar-refractivity contribution in [2.45, 2.75) is 32.4 Å². The van der Waals surface area contributed by atoms with Crippen molar-refractivity contribution in [2.75, 3.05) is 14.1 Å². The van der Waals surface area contributed by atoms with E-state index in [1.54, 1.807) is 39.8 Å². The number of nitrogens with zero attached hydrogens (tertiary/aromatic N) is 1. The zero-order valence-electron chi connectivity index (χ0n) is 10.9. The monoisotopic (exact) mass is 243 g/mol. The molecule has 4 heteroatoms. The number of aryl methyl sites for hydroxylation is 1. The molecule has 0 spiro atoms. The van der Waals surface area contributed by atoms with E-state index in [-0.39, 0.29) is 5.56 Å². The Morgan fingerprint density at radius 3 is 2.24 bits per heavy atom. The molecule has 0 saturated heterocycles. The average molecular weight is 243 g/mol. The van der Waals surface area contributed by atoms with E-state index in [9.17, 15) is 13.9 Å². The minimum Gasteiger partial charge on any atom is -0.386 e. The summed E-state index contributed by atoms with van der Waals surface area (Å²) in [6.07, 6.45) is -1.22. The maximum absolute atomic E-state index is 13.9. The van der Waals surface area contributed by atoms with Crippen molar-refractivity contribution in [3.05, 3.63) is 34.9 Å². The predicted molar refractivity (Wildman–Crippen MR) is 63.8 cm³/mol. The lowest BCUT2D eigenvalue weighted by molar-refractivity contribution is 0.0117. The Balaban J connectivity index is 3.30. The summed E-state index contributed by atoms with van der Waals surface area (Å²) in [5, 5.41) is 10.2. The normalized spacial score (nSPS) is 14.2. The molecule has 0 fully saturated rings. The van der Waals surface area contributed by atoms with Crippen LogP contribution < -0.4 is 0 Å². The van der Waals surface area contributed by atoms with E-state index >= 15 is 0 Å². The van der Waals surface area contributed by atoms with E-state index in [2.05, 4.69) is 0 Å². The van der Waals surface area contributed by atoms with Gasteiger partial charge in [-0.05, 0) is 46.5 Å². The van der Waals surface area contributed by atoms with Crippen molar-refractivity contribution >= 4 is 0 Å². The molecule has 0 aliphatic rings. The van der Waals surface area contributed by atoms with E-state index < -0.39 is 23.3 Å². The van der Waals surface area contributed by atoms with E-state index in [1.807, 2.05) is 0 Å². The van der Waals surface area contributed by atoms with Gasteiger partial charge in [0.25, 0.3) is 0 Å². The smallest absolute Gasteiger partial charge is 0.134 e. The number of hydrogen-bond donors (Lipinski definition) is 1. The molecular weight excluding hydrogens is 224 g/mol. The minimum absolute atomic E-state index is 0.260. The Morgan fingerprint density at radius 2 is 1.76 bits per heavy atom. The zero-order valence-corrected chi connectivity index (χ0v) is 10.9. The Labute approximate surface area is 101 Å². The van der Waals surface area contributed by atoms with Crippen molar-refractivity contribution in [3.63, 3.8) is 0 Å².